The fourth-order valence-electron chi connectivity index (χ4n) is 1.33. The third-order valence-electron chi connectivity index (χ3n) is 2.15. The monoisotopic (exact) mass is 208 g/mol. The van der Waals surface area contributed by atoms with Crippen LogP contribution in [0.1, 0.15) is 43.8 Å². The molecular weight excluding hydrogens is 192 g/mol. The van der Waals surface area contributed by atoms with Gasteiger partial charge in [-0.3, -0.25) is 0 Å². The summed E-state index contributed by atoms with van der Waals surface area (Å²) in [6, 6.07) is 2.32. The second kappa shape index (κ2) is 5.11. The van der Waals surface area contributed by atoms with Gasteiger partial charge in [-0.2, -0.15) is 5.26 Å². The van der Waals surface area contributed by atoms with E-state index in [1.807, 2.05) is 0 Å². The van der Waals surface area contributed by atoms with Crippen LogP contribution in [0.25, 0.3) is 0 Å². The molecule has 1 heterocycles. The molecule has 0 saturated carbocycles. The van der Waals surface area contributed by atoms with E-state index in [2.05, 4.69) is 37.2 Å². The van der Waals surface area contributed by atoms with Crippen molar-refractivity contribution < 1.29 is 0 Å². The SMILES string of the molecule is CCCc1csc(C(C#N)C(C)C)n1. The third-order valence-corrected chi connectivity index (χ3v) is 3.12. The zero-order valence-corrected chi connectivity index (χ0v) is 9.77. The molecule has 3 heteroatoms. The van der Waals surface area contributed by atoms with Crippen molar-refractivity contribution in [1.82, 2.24) is 4.98 Å². The van der Waals surface area contributed by atoms with Crippen molar-refractivity contribution in [2.24, 2.45) is 5.92 Å². The number of rotatable bonds is 4. The van der Waals surface area contributed by atoms with Gasteiger partial charge in [0.1, 0.15) is 10.9 Å². The van der Waals surface area contributed by atoms with Crippen LogP contribution in [0.5, 0.6) is 0 Å². The minimum absolute atomic E-state index is 0.0365. The number of hydrogen-bond acceptors (Lipinski definition) is 3. The summed E-state index contributed by atoms with van der Waals surface area (Å²) in [5, 5.41) is 12.1. The van der Waals surface area contributed by atoms with E-state index in [0.717, 1.165) is 23.5 Å². The van der Waals surface area contributed by atoms with Gasteiger partial charge in [-0.15, -0.1) is 11.3 Å². The van der Waals surface area contributed by atoms with Crippen LogP contribution >= 0.6 is 11.3 Å². The van der Waals surface area contributed by atoms with Crippen LogP contribution in [0.3, 0.4) is 0 Å². The molecule has 0 bridgehead atoms. The molecule has 1 aromatic heterocycles. The van der Waals surface area contributed by atoms with Crippen molar-refractivity contribution >= 4 is 11.3 Å². The molecule has 76 valence electrons. The van der Waals surface area contributed by atoms with E-state index in [-0.39, 0.29) is 5.92 Å². The van der Waals surface area contributed by atoms with Crippen LogP contribution in [0.2, 0.25) is 0 Å². The fourth-order valence-corrected chi connectivity index (χ4v) is 2.39. The molecule has 0 fully saturated rings. The molecule has 0 spiro atoms. The summed E-state index contributed by atoms with van der Waals surface area (Å²) in [4.78, 5) is 4.49. The molecule has 2 nitrogen and oxygen atoms in total. The van der Waals surface area contributed by atoms with Crippen molar-refractivity contribution in [3.8, 4) is 6.07 Å². The van der Waals surface area contributed by atoms with Gasteiger partial charge in [0.05, 0.1) is 11.8 Å². The number of nitrogens with zero attached hydrogens (tertiary/aromatic N) is 2. The van der Waals surface area contributed by atoms with Crippen LogP contribution in [-0.4, -0.2) is 4.98 Å². The van der Waals surface area contributed by atoms with Crippen LogP contribution in [0.15, 0.2) is 5.38 Å². The maximum Gasteiger partial charge on any atom is 0.110 e. The van der Waals surface area contributed by atoms with E-state index in [9.17, 15) is 0 Å². The number of nitriles is 1. The molecule has 14 heavy (non-hydrogen) atoms. The predicted molar refractivity (Wildman–Crippen MR) is 59.3 cm³/mol. The van der Waals surface area contributed by atoms with Gasteiger partial charge in [0, 0.05) is 5.38 Å². The summed E-state index contributed by atoms with van der Waals surface area (Å²) in [6.07, 6.45) is 2.13. The van der Waals surface area contributed by atoms with Gasteiger partial charge in [-0.1, -0.05) is 27.2 Å². The van der Waals surface area contributed by atoms with Gasteiger partial charge < -0.3 is 0 Å². The van der Waals surface area contributed by atoms with Crippen LogP contribution < -0.4 is 0 Å². The van der Waals surface area contributed by atoms with Gasteiger partial charge in [-0.25, -0.2) is 4.98 Å². The summed E-state index contributed by atoms with van der Waals surface area (Å²) >= 11 is 1.62. The van der Waals surface area contributed by atoms with E-state index >= 15 is 0 Å². The lowest BCUT2D eigenvalue weighted by atomic mass is 9.98. The van der Waals surface area contributed by atoms with Crippen molar-refractivity contribution in [2.45, 2.75) is 39.5 Å². The Morgan fingerprint density at radius 1 is 1.57 bits per heavy atom. The molecule has 0 radical (unpaired) electrons. The Bertz CT molecular complexity index is 322. The van der Waals surface area contributed by atoms with E-state index < -0.39 is 0 Å². The van der Waals surface area contributed by atoms with E-state index in [0.29, 0.717) is 5.92 Å². The summed E-state index contributed by atoms with van der Waals surface area (Å²) in [7, 11) is 0. The Balaban J connectivity index is 2.80. The highest BCUT2D eigenvalue weighted by Crippen LogP contribution is 2.26. The predicted octanol–water partition coefficient (Wildman–Crippen LogP) is 3.36. The third kappa shape index (κ3) is 2.55. The molecule has 0 aromatic carbocycles. The maximum atomic E-state index is 9.01. The second-order valence-corrected chi connectivity index (χ2v) is 4.67. The quantitative estimate of drug-likeness (QED) is 0.760. The van der Waals surface area contributed by atoms with Gasteiger partial charge in [-0.05, 0) is 12.3 Å². The molecule has 1 aromatic rings. The molecule has 0 amide bonds. The Kier molecular flexibility index (Phi) is 4.09. The van der Waals surface area contributed by atoms with Gasteiger partial charge in [0.25, 0.3) is 0 Å². The Labute approximate surface area is 89.6 Å². The molecule has 0 aliphatic carbocycles. The molecule has 0 N–H and O–H groups in total. The first kappa shape index (κ1) is 11.2. The zero-order valence-electron chi connectivity index (χ0n) is 8.95. The largest absolute Gasteiger partial charge is 0.245 e. The topological polar surface area (TPSA) is 36.7 Å². The van der Waals surface area contributed by atoms with Crippen LogP contribution in [0, 0.1) is 17.2 Å². The average Bonchev–Trinajstić information content (AvgIpc) is 2.54. The highest BCUT2D eigenvalue weighted by Gasteiger charge is 2.18. The zero-order chi connectivity index (χ0) is 10.6. The van der Waals surface area contributed by atoms with Crippen molar-refractivity contribution in [3.63, 3.8) is 0 Å². The van der Waals surface area contributed by atoms with Crippen molar-refractivity contribution in [2.75, 3.05) is 0 Å². The standard InChI is InChI=1S/C11H16N2S/c1-4-5-9-7-14-11(13-9)10(6-12)8(2)3/h7-8,10H,4-5H2,1-3H3. The van der Waals surface area contributed by atoms with E-state index in [1.54, 1.807) is 11.3 Å². The highest BCUT2D eigenvalue weighted by molar-refractivity contribution is 7.09. The minimum Gasteiger partial charge on any atom is -0.245 e. The van der Waals surface area contributed by atoms with Crippen molar-refractivity contribution in [3.05, 3.63) is 16.1 Å². The second-order valence-electron chi connectivity index (χ2n) is 3.78. The minimum atomic E-state index is -0.0365. The first-order valence-electron chi connectivity index (χ1n) is 5.03. The summed E-state index contributed by atoms with van der Waals surface area (Å²) in [6.45, 7) is 6.27. The normalized spacial score (nSPS) is 12.8. The average molecular weight is 208 g/mol. The Morgan fingerprint density at radius 3 is 2.79 bits per heavy atom. The van der Waals surface area contributed by atoms with Gasteiger partial charge in [0.15, 0.2) is 0 Å². The lowest BCUT2D eigenvalue weighted by Crippen LogP contribution is -2.03. The lowest BCUT2D eigenvalue weighted by Gasteiger charge is -2.08. The number of aromatic nitrogens is 1. The smallest absolute Gasteiger partial charge is 0.110 e. The van der Waals surface area contributed by atoms with Crippen LogP contribution in [-0.2, 0) is 6.42 Å². The molecule has 0 aliphatic heterocycles. The fraction of sp³-hybridized carbons (Fsp3) is 0.636. The highest BCUT2D eigenvalue weighted by atomic mass is 32.1. The molecule has 1 unspecified atom stereocenters. The summed E-state index contributed by atoms with van der Waals surface area (Å²) in [5.41, 5.74) is 1.13. The maximum absolute atomic E-state index is 9.01. The number of hydrogen-bond donors (Lipinski definition) is 0. The van der Waals surface area contributed by atoms with E-state index in [4.69, 9.17) is 5.26 Å². The number of aryl methyl sites for hydroxylation is 1. The first-order chi connectivity index (χ1) is 6.69. The summed E-state index contributed by atoms with van der Waals surface area (Å²) in [5.74, 6) is 0.311. The van der Waals surface area contributed by atoms with Gasteiger partial charge in [0.2, 0.25) is 0 Å². The van der Waals surface area contributed by atoms with E-state index in [1.165, 1.54) is 0 Å². The Morgan fingerprint density at radius 2 is 2.29 bits per heavy atom. The lowest BCUT2D eigenvalue weighted by molar-refractivity contribution is 0.583. The molecule has 0 saturated heterocycles. The molecule has 1 rings (SSSR count). The molecular formula is C11H16N2S. The van der Waals surface area contributed by atoms with Crippen LogP contribution in [0.4, 0.5) is 0 Å². The molecule has 0 aliphatic rings. The van der Waals surface area contributed by atoms with Crippen molar-refractivity contribution in [1.29, 1.82) is 5.26 Å². The summed E-state index contributed by atoms with van der Waals surface area (Å²) < 4.78 is 0. The first-order valence-corrected chi connectivity index (χ1v) is 5.91. The molecule has 1 atom stereocenters. The Hall–Kier alpha value is -0.880. The number of thiazole rings is 1. The van der Waals surface area contributed by atoms with Gasteiger partial charge >= 0.3 is 0 Å².